The molecule has 0 saturated carbocycles. The molecule has 2 heteroatoms. The highest BCUT2D eigenvalue weighted by atomic mass is 15.0. The van der Waals surface area contributed by atoms with Crippen LogP contribution in [0.15, 0.2) is 0 Å². The lowest BCUT2D eigenvalue weighted by Crippen LogP contribution is -2.49. The van der Waals surface area contributed by atoms with Gasteiger partial charge in [0.05, 0.1) is 0 Å². The van der Waals surface area contributed by atoms with E-state index in [9.17, 15) is 0 Å². The summed E-state index contributed by atoms with van der Waals surface area (Å²) in [6.07, 6.45) is 0. The first-order chi connectivity index (χ1) is 4.95. The average Bonchev–Trinajstić information content (AvgIpc) is 2.01. The van der Waals surface area contributed by atoms with Gasteiger partial charge >= 0.3 is 0 Å². The van der Waals surface area contributed by atoms with Crippen LogP contribution in [-0.2, 0) is 0 Å². The molecule has 0 radical (unpaired) electrons. The van der Waals surface area contributed by atoms with Crippen molar-refractivity contribution in [1.29, 1.82) is 0 Å². The molecule has 0 aliphatic rings. The van der Waals surface area contributed by atoms with Crippen LogP contribution in [0.1, 0.15) is 27.7 Å². The molecule has 2 atom stereocenters. The summed E-state index contributed by atoms with van der Waals surface area (Å²) in [5, 5.41) is 6.58. The van der Waals surface area contributed by atoms with Crippen LogP contribution in [-0.4, -0.2) is 25.7 Å². The van der Waals surface area contributed by atoms with Crippen molar-refractivity contribution in [1.82, 2.24) is 10.6 Å². The van der Waals surface area contributed by atoms with Gasteiger partial charge in [0.2, 0.25) is 0 Å². The van der Waals surface area contributed by atoms with E-state index < -0.39 is 0 Å². The van der Waals surface area contributed by atoms with Gasteiger partial charge in [-0.3, -0.25) is 0 Å². The topological polar surface area (TPSA) is 24.1 Å². The fourth-order valence-electron chi connectivity index (χ4n) is 1.10. The Hall–Kier alpha value is -0.0800. The molecule has 68 valence electrons. The summed E-state index contributed by atoms with van der Waals surface area (Å²) in [7, 11) is 4.02. The number of hydrogen-bond donors (Lipinski definition) is 2. The lowest BCUT2D eigenvalue weighted by molar-refractivity contribution is 0.239. The molecular formula is C9H22N2. The maximum Gasteiger partial charge on any atom is 0.0162 e. The number of nitrogens with one attached hydrogen (secondary N) is 2. The van der Waals surface area contributed by atoms with Gasteiger partial charge < -0.3 is 10.6 Å². The second-order valence-electron chi connectivity index (χ2n) is 3.84. The predicted molar refractivity (Wildman–Crippen MR) is 50.8 cm³/mol. The highest BCUT2D eigenvalue weighted by molar-refractivity contribution is 4.87. The van der Waals surface area contributed by atoms with Gasteiger partial charge in [-0.25, -0.2) is 0 Å². The standard InChI is InChI=1S/C9H22N2/c1-7(8(2)10-5)9(3,4)11-6/h7-8,10-11H,1-6H3. The molecule has 0 bridgehead atoms. The highest BCUT2D eigenvalue weighted by Gasteiger charge is 2.27. The molecule has 0 heterocycles. The second-order valence-corrected chi connectivity index (χ2v) is 3.84. The fraction of sp³-hybridized carbons (Fsp3) is 1.00. The third kappa shape index (κ3) is 2.80. The monoisotopic (exact) mass is 158 g/mol. The van der Waals surface area contributed by atoms with Crippen molar-refractivity contribution in [3.05, 3.63) is 0 Å². The molecule has 2 nitrogen and oxygen atoms in total. The van der Waals surface area contributed by atoms with Crippen LogP contribution in [0.3, 0.4) is 0 Å². The molecule has 0 aromatic rings. The van der Waals surface area contributed by atoms with Gasteiger partial charge in [0.25, 0.3) is 0 Å². The van der Waals surface area contributed by atoms with E-state index in [2.05, 4.69) is 38.3 Å². The van der Waals surface area contributed by atoms with Crippen molar-refractivity contribution in [3.63, 3.8) is 0 Å². The quantitative estimate of drug-likeness (QED) is 0.643. The first kappa shape index (κ1) is 10.9. The minimum absolute atomic E-state index is 0.211. The van der Waals surface area contributed by atoms with Crippen LogP contribution >= 0.6 is 0 Å². The minimum Gasteiger partial charge on any atom is -0.317 e. The summed E-state index contributed by atoms with van der Waals surface area (Å²) >= 11 is 0. The Labute approximate surface area is 70.8 Å². The highest BCUT2D eigenvalue weighted by Crippen LogP contribution is 2.18. The zero-order valence-electron chi connectivity index (χ0n) is 8.65. The van der Waals surface area contributed by atoms with Crippen LogP contribution in [0.5, 0.6) is 0 Å². The third-order valence-electron chi connectivity index (χ3n) is 2.99. The van der Waals surface area contributed by atoms with E-state index in [1.807, 2.05) is 14.1 Å². The number of rotatable bonds is 4. The van der Waals surface area contributed by atoms with Crippen molar-refractivity contribution in [2.45, 2.75) is 39.3 Å². The van der Waals surface area contributed by atoms with E-state index in [4.69, 9.17) is 0 Å². The SMILES string of the molecule is CNC(C)C(C)C(C)(C)NC. The van der Waals surface area contributed by atoms with E-state index in [0.29, 0.717) is 12.0 Å². The van der Waals surface area contributed by atoms with Gasteiger partial charge in [-0.2, -0.15) is 0 Å². The van der Waals surface area contributed by atoms with Crippen molar-refractivity contribution < 1.29 is 0 Å². The van der Waals surface area contributed by atoms with Gasteiger partial charge in [-0.05, 0) is 40.8 Å². The smallest absolute Gasteiger partial charge is 0.0162 e. The Morgan fingerprint density at radius 1 is 1.09 bits per heavy atom. The first-order valence-corrected chi connectivity index (χ1v) is 4.32. The Morgan fingerprint density at radius 3 is 1.82 bits per heavy atom. The van der Waals surface area contributed by atoms with Crippen LogP contribution < -0.4 is 10.6 Å². The van der Waals surface area contributed by atoms with E-state index in [1.165, 1.54) is 0 Å². The van der Waals surface area contributed by atoms with Crippen molar-refractivity contribution in [3.8, 4) is 0 Å². The van der Waals surface area contributed by atoms with Crippen LogP contribution in [0.25, 0.3) is 0 Å². The molecule has 2 N–H and O–H groups in total. The summed E-state index contributed by atoms with van der Waals surface area (Å²) in [5.41, 5.74) is 0.211. The van der Waals surface area contributed by atoms with Crippen molar-refractivity contribution in [2.75, 3.05) is 14.1 Å². The average molecular weight is 158 g/mol. The molecule has 0 aromatic heterocycles. The Morgan fingerprint density at radius 2 is 1.55 bits per heavy atom. The first-order valence-electron chi connectivity index (χ1n) is 4.32. The van der Waals surface area contributed by atoms with Gasteiger partial charge in [-0.1, -0.05) is 6.92 Å². The summed E-state index contributed by atoms with van der Waals surface area (Å²) in [5.74, 6) is 0.623. The minimum atomic E-state index is 0.211. The largest absolute Gasteiger partial charge is 0.317 e. The number of hydrogen-bond acceptors (Lipinski definition) is 2. The Balaban J connectivity index is 4.10. The van der Waals surface area contributed by atoms with E-state index in [1.54, 1.807) is 0 Å². The molecule has 0 aromatic carbocycles. The summed E-state index contributed by atoms with van der Waals surface area (Å²) < 4.78 is 0. The lowest BCUT2D eigenvalue weighted by atomic mass is 9.84. The van der Waals surface area contributed by atoms with Crippen LogP contribution in [0, 0.1) is 5.92 Å². The van der Waals surface area contributed by atoms with Crippen molar-refractivity contribution in [2.24, 2.45) is 5.92 Å². The molecule has 0 fully saturated rings. The Kier molecular flexibility index (Phi) is 4.04. The molecular weight excluding hydrogens is 136 g/mol. The third-order valence-corrected chi connectivity index (χ3v) is 2.99. The molecule has 0 aliphatic carbocycles. The van der Waals surface area contributed by atoms with Gasteiger partial charge in [0.15, 0.2) is 0 Å². The molecule has 0 aliphatic heterocycles. The zero-order chi connectivity index (χ0) is 9.07. The van der Waals surface area contributed by atoms with E-state index in [0.717, 1.165) is 0 Å². The van der Waals surface area contributed by atoms with E-state index >= 15 is 0 Å². The zero-order valence-corrected chi connectivity index (χ0v) is 8.65. The summed E-state index contributed by atoms with van der Waals surface area (Å²) in [6, 6.07) is 0.553. The normalized spacial score (nSPS) is 18.0. The Bertz CT molecular complexity index is 110. The predicted octanol–water partition coefficient (Wildman–Crippen LogP) is 1.23. The van der Waals surface area contributed by atoms with E-state index in [-0.39, 0.29) is 5.54 Å². The summed E-state index contributed by atoms with van der Waals surface area (Å²) in [6.45, 7) is 8.93. The lowest BCUT2D eigenvalue weighted by Gasteiger charge is -2.35. The van der Waals surface area contributed by atoms with Crippen LogP contribution in [0.2, 0.25) is 0 Å². The summed E-state index contributed by atoms with van der Waals surface area (Å²) in [4.78, 5) is 0. The van der Waals surface area contributed by atoms with Gasteiger partial charge in [0, 0.05) is 11.6 Å². The molecule has 0 rings (SSSR count). The van der Waals surface area contributed by atoms with Gasteiger partial charge in [-0.15, -0.1) is 0 Å². The molecule has 2 unspecified atom stereocenters. The maximum atomic E-state index is 3.32. The molecule has 0 amide bonds. The van der Waals surface area contributed by atoms with Crippen LogP contribution in [0.4, 0.5) is 0 Å². The molecule has 0 spiro atoms. The fourth-order valence-corrected chi connectivity index (χ4v) is 1.10. The molecule has 0 saturated heterocycles. The molecule has 11 heavy (non-hydrogen) atoms. The second kappa shape index (κ2) is 4.07. The van der Waals surface area contributed by atoms with Crippen molar-refractivity contribution >= 4 is 0 Å². The van der Waals surface area contributed by atoms with Gasteiger partial charge in [0.1, 0.15) is 0 Å². The maximum absolute atomic E-state index is 3.32.